The van der Waals surface area contributed by atoms with Crippen molar-refractivity contribution < 1.29 is 14.3 Å². The fourth-order valence-corrected chi connectivity index (χ4v) is 3.04. The van der Waals surface area contributed by atoms with Gasteiger partial charge in [-0.15, -0.1) is 0 Å². The Balaban J connectivity index is 1.57. The molecule has 0 saturated carbocycles. The first-order chi connectivity index (χ1) is 13.2. The minimum absolute atomic E-state index is 0.00240. The third-order valence-electron chi connectivity index (χ3n) is 4.55. The molecule has 1 aliphatic heterocycles. The molecule has 2 aromatic carbocycles. The number of carbonyl (C=O) groups is 2. The van der Waals surface area contributed by atoms with Crippen molar-refractivity contribution in [3.05, 3.63) is 60.2 Å². The van der Waals surface area contributed by atoms with Gasteiger partial charge in [-0.25, -0.2) is 0 Å². The summed E-state index contributed by atoms with van der Waals surface area (Å²) < 4.78 is 5.28. The van der Waals surface area contributed by atoms with Crippen molar-refractivity contribution in [2.24, 2.45) is 0 Å². The minimum atomic E-state index is -0.0899. The molecule has 6 heteroatoms. The van der Waals surface area contributed by atoms with Crippen molar-refractivity contribution in [3.63, 3.8) is 0 Å². The van der Waals surface area contributed by atoms with E-state index in [1.807, 2.05) is 42.2 Å². The largest absolute Gasteiger partial charge is 0.378 e. The van der Waals surface area contributed by atoms with Crippen LogP contribution in [-0.2, 0) is 9.53 Å². The second-order valence-corrected chi connectivity index (χ2v) is 6.38. The van der Waals surface area contributed by atoms with Crippen LogP contribution in [-0.4, -0.2) is 56.1 Å². The van der Waals surface area contributed by atoms with Gasteiger partial charge in [0.15, 0.2) is 0 Å². The summed E-state index contributed by atoms with van der Waals surface area (Å²) in [5.74, 6) is -0.0922. The van der Waals surface area contributed by atoms with Crippen LogP contribution in [0.2, 0.25) is 0 Å². The van der Waals surface area contributed by atoms with Crippen molar-refractivity contribution in [1.82, 2.24) is 4.90 Å². The lowest BCUT2D eigenvalue weighted by Crippen LogP contribution is -2.40. The summed E-state index contributed by atoms with van der Waals surface area (Å²) in [7, 11) is 0. The molecule has 2 aromatic rings. The van der Waals surface area contributed by atoms with Crippen LogP contribution in [0.1, 0.15) is 17.3 Å². The Labute approximate surface area is 159 Å². The van der Waals surface area contributed by atoms with Crippen LogP contribution < -0.4 is 10.2 Å². The zero-order chi connectivity index (χ0) is 19.1. The van der Waals surface area contributed by atoms with Crippen LogP contribution >= 0.6 is 0 Å². The van der Waals surface area contributed by atoms with Gasteiger partial charge in [0, 0.05) is 36.6 Å². The normalized spacial score (nSPS) is 13.9. The van der Waals surface area contributed by atoms with Crippen molar-refractivity contribution >= 4 is 23.2 Å². The van der Waals surface area contributed by atoms with E-state index in [0.717, 1.165) is 12.2 Å². The van der Waals surface area contributed by atoms with Crippen molar-refractivity contribution in [3.8, 4) is 0 Å². The van der Waals surface area contributed by atoms with E-state index in [2.05, 4.69) is 5.32 Å². The van der Waals surface area contributed by atoms with Crippen LogP contribution in [0.4, 0.5) is 11.4 Å². The summed E-state index contributed by atoms with van der Waals surface area (Å²) in [6.07, 6.45) is 0. The number of ether oxygens (including phenoxy) is 1. The smallest absolute Gasteiger partial charge is 0.254 e. The SMILES string of the molecule is CCN(CC(=O)Nc1ccc(C(=O)N2CCOCC2)cc1)c1ccccc1. The fourth-order valence-electron chi connectivity index (χ4n) is 3.04. The molecule has 1 heterocycles. The maximum Gasteiger partial charge on any atom is 0.254 e. The number of rotatable bonds is 6. The fraction of sp³-hybridized carbons (Fsp3) is 0.333. The molecule has 0 unspecified atom stereocenters. The predicted octanol–water partition coefficient (Wildman–Crippen LogP) is 2.62. The highest BCUT2D eigenvalue weighted by molar-refractivity contribution is 5.96. The number of morpholine rings is 1. The first kappa shape index (κ1) is 18.9. The van der Waals surface area contributed by atoms with E-state index in [0.29, 0.717) is 37.6 Å². The summed E-state index contributed by atoms with van der Waals surface area (Å²) in [4.78, 5) is 28.6. The lowest BCUT2D eigenvalue weighted by Gasteiger charge is -2.27. The number of nitrogens with zero attached hydrogens (tertiary/aromatic N) is 2. The van der Waals surface area contributed by atoms with Crippen LogP contribution in [0, 0.1) is 0 Å². The molecule has 0 aliphatic carbocycles. The van der Waals surface area contributed by atoms with Gasteiger partial charge in [0.25, 0.3) is 5.91 Å². The number of hydrogen-bond donors (Lipinski definition) is 1. The molecular weight excluding hydrogens is 342 g/mol. The quantitative estimate of drug-likeness (QED) is 0.853. The van der Waals surface area contributed by atoms with Gasteiger partial charge in [-0.3, -0.25) is 9.59 Å². The van der Waals surface area contributed by atoms with Crippen LogP contribution in [0.15, 0.2) is 54.6 Å². The zero-order valence-corrected chi connectivity index (χ0v) is 15.6. The molecule has 0 bridgehead atoms. The van der Waals surface area contributed by atoms with Crippen molar-refractivity contribution in [1.29, 1.82) is 0 Å². The number of para-hydroxylation sites is 1. The topological polar surface area (TPSA) is 61.9 Å². The first-order valence-corrected chi connectivity index (χ1v) is 9.24. The Morgan fingerprint density at radius 2 is 1.70 bits per heavy atom. The standard InChI is InChI=1S/C21H25N3O3/c1-2-23(19-6-4-3-5-7-19)16-20(25)22-18-10-8-17(9-11-18)21(26)24-12-14-27-15-13-24/h3-11H,2,12-16H2,1H3,(H,22,25). The lowest BCUT2D eigenvalue weighted by molar-refractivity contribution is -0.115. The van der Waals surface area contributed by atoms with E-state index in [1.54, 1.807) is 29.2 Å². The second-order valence-electron chi connectivity index (χ2n) is 6.38. The van der Waals surface area contributed by atoms with Crippen molar-refractivity contribution in [2.75, 3.05) is 49.6 Å². The third-order valence-corrected chi connectivity index (χ3v) is 4.55. The number of nitrogens with one attached hydrogen (secondary N) is 1. The van der Waals surface area contributed by atoms with E-state index in [4.69, 9.17) is 4.74 Å². The number of benzene rings is 2. The van der Waals surface area contributed by atoms with Gasteiger partial charge in [0.2, 0.25) is 5.91 Å². The molecule has 1 saturated heterocycles. The Morgan fingerprint density at radius 1 is 1.04 bits per heavy atom. The highest BCUT2D eigenvalue weighted by atomic mass is 16.5. The maximum absolute atomic E-state index is 12.5. The van der Waals surface area contributed by atoms with E-state index in [-0.39, 0.29) is 18.4 Å². The van der Waals surface area contributed by atoms with Crippen LogP contribution in [0.5, 0.6) is 0 Å². The second kappa shape index (κ2) is 9.19. The summed E-state index contributed by atoms with van der Waals surface area (Å²) in [5.41, 5.74) is 2.32. The Bertz CT molecular complexity index is 756. The number of amides is 2. The van der Waals surface area contributed by atoms with Gasteiger partial charge in [0.05, 0.1) is 19.8 Å². The van der Waals surface area contributed by atoms with Gasteiger partial charge in [-0.2, -0.15) is 0 Å². The molecule has 142 valence electrons. The van der Waals surface area contributed by atoms with Gasteiger partial charge in [-0.1, -0.05) is 18.2 Å². The van der Waals surface area contributed by atoms with Gasteiger partial charge in [0.1, 0.15) is 0 Å². The van der Waals surface area contributed by atoms with E-state index in [9.17, 15) is 9.59 Å². The molecule has 6 nitrogen and oxygen atoms in total. The number of likely N-dealkylation sites (N-methyl/N-ethyl adjacent to an activating group) is 1. The highest BCUT2D eigenvalue weighted by Crippen LogP contribution is 2.15. The monoisotopic (exact) mass is 367 g/mol. The molecule has 1 N–H and O–H groups in total. The molecule has 27 heavy (non-hydrogen) atoms. The average molecular weight is 367 g/mol. The molecule has 0 aromatic heterocycles. The third kappa shape index (κ3) is 5.08. The van der Waals surface area contributed by atoms with Gasteiger partial charge < -0.3 is 19.9 Å². The molecule has 1 aliphatic rings. The molecule has 2 amide bonds. The van der Waals surface area contributed by atoms with E-state index >= 15 is 0 Å². The summed E-state index contributed by atoms with van der Waals surface area (Å²) >= 11 is 0. The van der Waals surface area contributed by atoms with Gasteiger partial charge >= 0.3 is 0 Å². The maximum atomic E-state index is 12.5. The zero-order valence-electron chi connectivity index (χ0n) is 15.6. The molecule has 0 spiro atoms. The first-order valence-electron chi connectivity index (χ1n) is 9.24. The Hall–Kier alpha value is -2.86. The van der Waals surface area contributed by atoms with Gasteiger partial charge in [-0.05, 0) is 43.3 Å². The molecule has 0 radical (unpaired) electrons. The summed E-state index contributed by atoms with van der Waals surface area (Å²) in [6.45, 7) is 5.42. The van der Waals surface area contributed by atoms with E-state index in [1.165, 1.54) is 0 Å². The van der Waals surface area contributed by atoms with Crippen molar-refractivity contribution in [2.45, 2.75) is 6.92 Å². The molecular formula is C21H25N3O3. The highest BCUT2D eigenvalue weighted by Gasteiger charge is 2.18. The summed E-state index contributed by atoms with van der Waals surface area (Å²) in [6, 6.07) is 16.9. The average Bonchev–Trinajstić information content (AvgIpc) is 2.73. The predicted molar refractivity (Wildman–Crippen MR) is 106 cm³/mol. The molecule has 1 fully saturated rings. The van der Waals surface area contributed by atoms with E-state index < -0.39 is 0 Å². The number of carbonyl (C=O) groups excluding carboxylic acids is 2. The minimum Gasteiger partial charge on any atom is -0.378 e. The summed E-state index contributed by atoms with van der Waals surface area (Å²) in [5, 5.41) is 2.90. The number of anilines is 2. The lowest BCUT2D eigenvalue weighted by atomic mass is 10.1. The Kier molecular flexibility index (Phi) is 6.44. The number of hydrogen-bond acceptors (Lipinski definition) is 4. The molecule has 0 atom stereocenters. The van der Waals surface area contributed by atoms with Crippen LogP contribution in [0.25, 0.3) is 0 Å². The molecule has 3 rings (SSSR count). The van der Waals surface area contributed by atoms with Crippen LogP contribution in [0.3, 0.4) is 0 Å². The Morgan fingerprint density at radius 3 is 2.33 bits per heavy atom.